The number of nitrogens with zero attached hydrogens (tertiary/aromatic N) is 3. The van der Waals surface area contributed by atoms with Gasteiger partial charge in [0.2, 0.25) is 5.95 Å². The minimum Gasteiger partial charge on any atom is -0.481 e. The maximum Gasteiger partial charge on any atom is 0.433 e. The Hall–Kier alpha value is -3.53. The molecule has 0 amide bonds. The Labute approximate surface area is 193 Å². The van der Waals surface area contributed by atoms with Gasteiger partial charge in [0.15, 0.2) is 0 Å². The predicted molar refractivity (Wildman–Crippen MR) is 118 cm³/mol. The van der Waals surface area contributed by atoms with Gasteiger partial charge in [-0.05, 0) is 68.0 Å². The standard InChI is InChI=1S/C24H23F3N4O3/c1-14-10-17(12-18(11-14)30-22-28-9-6-20(31-22)24(25,26)27)16-2-3-19(29-13-16)23(34)7-4-15(5-8-23)21(32)33/h2-3,6,9-13,15,34H,4-5,7-8H2,1H3,(H,32,33)(H,28,30,31)/t15-,23-. The van der Waals surface area contributed by atoms with Gasteiger partial charge in [0, 0.05) is 23.6 Å². The lowest BCUT2D eigenvalue weighted by Gasteiger charge is -2.34. The van der Waals surface area contributed by atoms with Crippen molar-refractivity contribution >= 4 is 17.6 Å². The van der Waals surface area contributed by atoms with Crippen molar-refractivity contribution in [1.29, 1.82) is 0 Å². The minimum atomic E-state index is -4.57. The molecule has 1 aliphatic carbocycles. The van der Waals surface area contributed by atoms with Crippen molar-refractivity contribution in [2.75, 3.05) is 5.32 Å². The van der Waals surface area contributed by atoms with Gasteiger partial charge in [0.1, 0.15) is 11.3 Å². The topological polar surface area (TPSA) is 108 Å². The number of aliphatic hydroxyl groups is 1. The number of aliphatic carboxylic acids is 1. The second-order valence-electron chi connectivity index (χ2n) is 8.55. The third-order valence-electron chi connectivity index (χ3n) is 6.02. The summed E-state index contributed by atoms with van der Waals surface area (Å²) in [7, 11) is 0. The number of halogens is 3. The van der Waals surface area contributed by atoms with Crippen molar-refractivity contribution in [2.24, 2.45) is 5.92 Å². The maximum absolute atomic E-state index is 12.9. The van der Waals surface area contributed by atoms with Crippen molar-refractivity contribution in [2.45, 2.75) is 44.4 Å². The number of carbonyl (C=O) groups is 1. The second kappa shape index (κ2) is 9.02. The van der Waals surface area contributed by atoms with Gasteiger partial charge in [0.25, 0.3) is 0 Å². The number of pyridine rings is 1. The summed E-state index contributed by atoms with van der Waals surface area (Å²) in [6.45, 7) is 1.85. The third kappa shape index (κ3) is 5.17. The van der Waals surface area contributed by atoms with Crippen LogP contribution in [-0.2, 0) is 16.6 Å². The van der Waals surface area contributed by atoms with Gasteiger partial charge in [-0.1, -0.05) is 12.1 Å². The summed E-state index contributed by atoms with van der Waals surface area (Å²) >= 11 is 0. The number of nitrogens with one attached hydrogen (secondary N) is 1. The number of hydrogen-bond donors (Lipinski definition) is 3. The highest BCUT2D eigenvalue weighted by Crippen LogP contribution is 2.39. The summed E-state index contributed by atoms with van der Waals surface area (Å²) in [5.41, 5.74) is 1.20. The predicted octanol–water partition coefficient (Wildman–Crippen LogP) is 5.07. The van der Waals surface area contributed by atoms with E-state index in [4.69, 9.17) is 5.11 Å². The lowest BCUT2D eigenvalue weighted by molar-refractivity contribution is -0.145. The molecule has 34 heavy (non-hydrogen) atoms. The van der Waals surface area contributed by atoms with Gasteiger partial charge in [-0.15, -0.1) is 0 Å². The molecule has 1 aliphatic rings. The van der Waals surface area contributed by atoms with Crippen LogP contribution in [0.5, 0.6) is 0 Å². The molecular weight excluding hydrogens is 449 g/mol. The molecule has 1 saturated carbocycles. The summed E-state index contributed by atoms with van der Waals surface area (Å²) in [6, 6.07) is 9.76. The number of carboxylic acid groups (broad SMARTS) is 1. The first kappa shape index (κ1) is 23.6. The number of aromatic nitrogens is 3. The van der Waals surface area contributed by atoms with Gasteiger partial charge >= 0.3 is 12.1 Å². The molecule has 0 spiro atoms. The Morgan fingerprint density at radius 2 is 1.82 bits per heavy atom. The normalized spacial score (nSPS) is 20.7. The van der Waals surface area contributed by atoms with E-state index in [2.05, 4.69) is 20.3 Å². The smallest absolute Gasteiger partial charge is 0.433 e. The van der Waals surface area contributed by atoms with Crippen LogP contribution in [0.3, 0.4) is 0 Å². The fourth-order valence-electron chi connectivity index (χ4n) is 4.17. The van der Waals surface area contributed by atoms with Gasteiger partial charge in [-0.2, -0.15) is 13.2 Å². The van der Waals surface area contributed by atoms with Crippen LogP contribution in [0.1, 0.15) is 42.6 Å². The molecule has 0 atom stereocenters. The first-order chi connectivity index (χ1) is 16.0. The number of alkyl halides is 3. The molecule has 0 bridgehead atoms. The average Bonchev–Trinajstić information content (AvgIpc) is 2.79. The first-order valence-corrected chi connectivity index (χ1v) is 10.7. The lowest BCUT2D eigenvalue weighted by atomic mass is 9.77. The van der Waals surface area contributed by atoms with E-state index in [1.165, 1.54) is 0 Å². The first-order valence-electron chi connectivity index (χ1n) is 10.7. The van der Waals surface area contributed by atoms with Crippen molar-refractivity contribution in [3.8, 4) is 11.1 Å². The minimum absolute atomic E-state index is 0.168. The number of benzene rings is 1. The van der Waals surface area contributed by atoms with E-state index in [-0.39, 0.29) is 5.95 Å². The number of carboxylic acids is 1. The Morgan fingerprint density at radius 1 is 1.09 bits per heavy atom. The molecule has 3 N–H and O–H groups in total. The SMILES string of the molecule is Cc1cc(Nc2nccc(C(F)(F)F)n2)cc(-c2ccc([C@]3(O)CC[C@H](C(=O)O)CC3)nc2)c1. The van der Waals surface area contributed by atoms with Crippen molar-refractivity contribution in [3.63, 3.8) is 0 Å². The van der Waals surface area contributed by atoms with Crippen LogP contribution < -0.4 is 5.32 Å². The molecule has 1 fully saturated rings. The van der Waals surface area contributed by atoms with Crippen LogP contribution >= 0.6 is 0 Å². The number of anilines is 2. The molecule has 3 aromatic rings. The molecule has 2 heterocycles. The zero-order valence-corrected chi connectivity index (χ0v) is 18.3. The Balaban J connectivity index is 1.54. The van der Waals surface area contributed by atoms with Crippen LogP contribution in [0, 0.1) is 12.8 Å². The molecule has 0 aliphatic heterocycles. The number of aryl methyl sites for hydroxylation is 1. The van der Waals surface area contributed by atoms with Crippen molar-refractivity contribution < 1.29 is 28.2 Å². The fraction of sp³-hybridized carbons (Fsp3) is 0.333. The quantitative estimate of drug-likeness (QED) is 0.476. The van der Waals surface area contributed by atoms with Crippen LogP contribution in [0.15, 0.2) is 48.8 Å². The molecule has 1 aromatic carbocycles. The van der Waals surface area contributed by atoms with E-state index in [1.54, 1.807) is 24.4 Å². The summed E-state index contributed by atoms with van der Waals surface area (Å²) in [5, 5.41) is 23.0. The van der Waals surface area contributed by atoms with Gasteiger partial charge in [-0.25, -0.2) is 9.97 Å². The lowest BCUT2D eigenvalue weighted by Crippen LogP contribution is -2.34. The highest BCUT2D eigenvalue weighted by Gasteiger charge is 2.38. The summed E-state index contributed by atoms with van der Waals surface area (Å²) in [5.74, 6) is -1.46. The average molecular weight is 472 g/mol. The summed E-state index contributed by atoms with van der Waals surface area (Å²) in [4.78, 5) is 23.0. The van der Waals surface area contributed by atoms with Crippen LogP contribution in [0.2, 0.25) is 0 Å². The van der Waals surface area contributed by atoms with E-state index in [0.29, 0.717) is 37.1 Å². The van der Waals surface area contributed by atoms with Crippen molar-refractivity contribution in [3.05, 3.63) is 65.7 Å². The van der Waals surface area contributed by atoms with E-state index in [9.17, 15) is 23.1 Å². The van der Waals surface area contributed by atoms with Gasteiger partial charge in [0.05, 0.1) is 11.6 Å². The molecule has 2 aromatic heterocycles. The Bertz CT molecular complexity index is 1190. The van der Waals surface area contributed by atoms with E-state index in [0.717, 1.165) is 29.0 Å². The maximum atomic E-state index is 12.9. The monoisotopic (exact) mass is 472 g/mol. The molecule has 178 valence electrons. The van der Waals surface area contributed by atoms with Gasteiger partial charge in [-0.3, -0.25) is 9.78 Å². The summed E-state index contributed by atoms with van der Waals surface area (Å²) in [6.07, 6.45) is -0.471. The van der Waals surface area contributed by atoms with E-state index < -0.39 is 29.4 Å². The Morgan fingerprint density at radius 3 is 2.44 bits per heavy atom. The molecule has 4 rings (SSSR count). The zero-order chi connectivity index (χ0) is 24.5. The number of rotatable bonds is 5. The molecule has 0 unspecified atom stereocenters. The second-order valence-corrected chi connectivity index (χ2v) is 8.55. The van der Waals surface area contributed by atoms with E-state index in [1.807, 2.05) is 19.1 Å². The molecule has 0 radical (unpaired) electrons. The summed E-state index contributed by atoms with van der Waals surface area (Å²) < 4.78 is 38.8. The van der Waals surface area contributed by atoms with Crippen LogP contribution in [0.25, 0.3) is 11.1 Å². The zero-order valence-electron chi connectivity index (χ0n) is 18.3. The fourth-order valence-corrected chi connectivity index (χ4v) is 4.17. The third-order valence-corrected chi connectivity index (χ3v) is 6.02. The van der Waals surface area contributed by atoms with Crippen LogP contribution in [0.4, 0.5) is 24.8 Å². The van der Waals surface area contributed by atoms with E-state index >= 15 is 0 Å². The van der Waals surface area contributed by atoms with Crippen molar-refractivity contribution in [1.82, 2.24) is 15.0 Å². The highest BCUT2D eigenvalue weighted by atomic mass is 19.4. The molecule has 10 heteroatoms. The molecule has 7 nitrogen and oxygen atoms in total. The molecule has 0 saturated heterocycles. The number of hydrogen-bond acceptors (Lipinski definition) is 6. The highest BCUT2D eigenvalue weighted by molar-refractivity contribution is 5.71. The van der Waals surface area contributed by atoms with Gasteiger partial charge < -0.3 is 15.5 Å². The molecular formula is C24H23F3N4O3. The largest absolute Gasteiger partial charge is 0.481 e. The Kier molecular flexibility index (Phi) is 6.26. The van der Waals surface area contributed by atoms with Crippen LogP contribution in [-0.4, -0.2) is 31.1 Å².